The van der Waals surface area contributed by atoms with Gasteiger partial charge in [0.05, 0.1) is 5.69 Å². The number of hydrogen-bond donors (Lipinski definition) is 1. The molecule has 28 heavy (non-hydrogen) atoms. The van der Waals surface area contributed by atoms with Crippen molar-refractivity contribution in [1.29, 1.82) is 0 Å². The number of aryl methyl sites for hydroxylation is 1. The number of piperazine rings is 1. The maximum atomic E-state index is 12.5. The van der Waals surface area contributed by atoms with Crippen molar-refractivity contribution >= 4 is 23.9 Å². The summed E-state index contributed by atoms with van der Waals surface area (Å²) >= 11 is 0. The fraction of sp³-hybridized carbons (Fsp3) is 0.500. The predicted octanol–water partition coefficient (Wildman–Crippen LogP) is 1.23. The van der Waals surface area contributed by atoms with E-state index in [9.17, 15) is 14.4 Å². The molecule has 0 aromatic carbocycles. The van der Waals surface area contributed by atoms with Crippen LogP contribution in [0, 0.1) is 6.92 Å². The molecule has 8 heteroatoms. The van der Waals surface area contributed by atoms with Crippen molar-refractivity contribution in [3.8, 4) is 0 Å². The molecule has 3 rings (SSSR count). The molecule has 0 atom stereocenters. The van der Waals surface area contributed by atoms with E-state index in [2.05, 4.69) is 10.3 Å². The van der Waals surface area contributed by atoms with Crippen molar-refractivity contribution in [3.63, 3.8) is 0 Å². The van der Waals surface area contributed by atoms with Crippen molar-refractivity contribution in [3.05, 3.63) is 35.8 Å². The van der Waals surface area contributed by atoms with Gasteiger partial charge in [-0.25, -0.2) is 4.98 Å². The zero-order valence-electron chi connectivity index (χ0n) is 16.3. The highest BCUT2D eigenvalue weighted by Crippen LogP contribution is 2.12. The Morgan fingerprint density at radius 2 is 1.93 bits per heavy atom. The summed E-state index contributed by atoms with van der Waals surface area (Å²) in [5, 5.41) is 2.95. The fourth-order valence-corrected chi connectivity index (χ4v) is 3.49. The summed E-state index contributed by atoms with van der Waals surface area (Å²) in [6, 6.07) is 5.65. The topological polar surface area (TPSA) is 87.0 Å². The van der Waals surface area contributed by atoms with Gasteiger partial charge in [0, 0.05) is 45.3 Å². The van der Waals surface area contributed by atoms with Crippen LogP contribution in [0.4, 0.5) is 0 Å². The number of carbonyl (C=O) groups is 3. The van der Waals surface area contributed by atoms with Crippen molar-refractivity contribution in [1.82, 2.24) is 24.5 Å². The molecule has 0 unspecified atom stereocenters. The molecule has 0 aliphatic carbocycles. The van der Waals surface area contributed by atoms with Gasteiger partial charge in [-0.2, -0.15) is 0 Å². The summed E-state index contributed by atoms with van der Waals surface area (Å²) in [6.07, 6.45) is 5.70. The molecule has 0 spiro atoms. The van der Waals surface area contributed by atoms with Gasteiger partial charge in [-0.15, -0.1) is 0 Å². The fourth-order valence-electron chi connectivity index (χ4n) is 3.49. The molecule has 0 radical (unpaired) electrons. The maximum Gasteiger partial charge on any atom is 0.270 e. The van der Waals surface area contributed by atoms with E-state index in [0.29, 0.717) is 50.5 Å². The van der Waals surface area contributed by atoms with E-state index in [-0.39, 0.29) is 11.8 Å². The third kappa shape index (κ3) is 4.68. The number of pyridine rings is 1. The smallest absolute Gasteiger partial charge is 0.270 e. The lowest BCUT2D eigenvalue weighted by Gasteiger charge is -2.32. The Labute approximate surface area is 164 Å². The maximum absolute atomic E-state index is 12.5. The van der Waals surface area contributed by atoms with E-state index in [1.54, 1.807) is 9.30 Å². The third-order valence-electron chi connectivity index (χ3n) is 5.09. The molecular weight excluding hydrogens is 358 g/mol. The van der Waals surface area contributed by atoms with Crippen LogP contribution in [0.25, 0.3) is 5.65 Å². The Morgan fingerprint density at radius 3 is 2.68 bits per heavy atom. The van der Waals surface area contributed by atoms with Crippen LogP contribution in [0.1, 0.15) is 41.9 Å². The molecule has 150 valence electrons. The second-order valence-corrected chi connectivity index (χ2v) is 7.06. The number of amides is 3. The lowest BCUT2D eigenvalue weighted by atomic mass is 10.1. The van der Waals surface area contributed by atoms with Crippen LogP contribution < -0.4 is 5.32 Å². The van der Waals surface area contributed by atoms with Gasteiger partial charge in [0.1, 0.15) is 11.3 Å². The molecule has 3 heterocycles. The summed E-state index contributed by atoms with van der Waals surface area (Å²) in [6.45, 7) is 4.87. The van der Waals surface area contributed by atoms with E-state index in [1.807, 2.05) is 36.2 Å². The van der Waals surface area contributed by atoms with E-state index in [4.69, 9.17) is 0 Å². The SMILES string of the molecule is Cc1nc2ccccn2c1C(=O)NCCCCCC(=O)N1CCN(C=O)CC1. The van der Waals surface area contributed by atoms with E-state index < -0.39 is 0 Å². The van der Waals surface area contributed by atoms with Gasteiger partial charge < -0.3 is 15.1 Å². The average molecular weight is 385 g/mol. The van der Waals surface area contributed by atoms with Crippen LogP contribution in [0.2, 0.25) is 0 Å². The first-order valence-corrected chi connectivity index (χ1v) is 9.79. The van der Waals surface area contributed by atoms with Crippen molar-refractivity contribution in [2.75, 3.05) is 32.7 Å². The minimum Gasteiger partial charge on any atom is -0.351 e. The number of nitrogens with zero attached hydrogens (tertiary/aromatic N) is 4. The number of aromatic nitrogens is 2. The number of carbonyl (C=O) groups excluding carboxylic acids is 3. The van der Waals surface area contributed by atoms with Gasteiger partial charge in [0.15, 0.2) is 0 Å². The summed E-state index contributed by atoms with van der Waals surface area (Å²) in [7, 11) is 0. The van der Waals surface area contributed by atoms with Crippen molar-refractivity contribution < 1.29 is 14.4 Å². The zero-order chi connectivity index (χ0) is 19.9. The number of fused-ring (bicyclic) bond motifs is 1. The molecule has 2 aromatic heterocycles. The first-order chi connectivity index (χ1) is 13.6. The van der Waals surface area contributed by atoms with Crippen LogP contribution >= 0.6 is 0 Å². The van der Waals surface area contributed by atoms with Crippen LogP contribution in [-0.4, -0.2) is 70.1 Å². The molecule has 1 aliphatic rings. The number of nitrogens with one attached hydrogen (secondary N) is 1. The molecule has 1 saturated heterocycles. The molecular formula is C20H27N5O3. The van der Waals surface area contributed by atoms with Gasteiger partial charge in [-0.3, -0.25) is 18.8 Å². The number of imidazole rings is 1. The Balaban J connectivity index is 1.35. The second kappa shape index (κ2) is 9.34. The summed E-state index contributed by atoms with van der Waals surface area (Å²) < 4.78 is 1.80. The third-order valence-corrected chi connectivity index (χ3v) is 5.09. The molecule has 0 saturated carbocycles. The quantitative estimate of drug-likeness (QED) is 0.547. The highest BCUT2D eigenvalue weighted by molar-refractivity contribution is 5.94. The van der Waals surface area contributed by atoms with Gasteiger partial charge in [0.25, 0.3) is 5.91 Å². The summed E-state index contributed by atoms with van der Waals surface area (Å²) in [5.74, 6) is 0.0243. The van der Waals surface area contributed by atoms with Crippen LogP contribution in [0.5, 0.6) is 0 Å². The van der Waals surface area contributed by atoms with E-state index >= 15 is 0 Å². The zero-order valence-corrected chi connectivity index (χ0v) is 16.3. The van der Waals surface area contributed by atoms with Gasteiger partial charge >= 0.3 is 0 Å². The second-order valence-electron chi connectivity index (χ2n) is 7.06. The lowest BCUT2D eigenvalue weighted by molar-refractivity contribution is -0.135. The van der Waals surface area contributed by atoms with Gasteiger partial charge in [0.2, 0.25) is 12.3 Å². The molecule has 2 aromatic rings. The van der Waals surface area contributed by atoms with E-state index in [1.165, 1.54) is 0 Å². The molecule has 3 amide bonds. The van der Waals surface area contributed by atoms with Crippen molar-refractivity contribution in [2.24, 2.45) is 0 Å². The number of hydrogen-bond acceptors (Lipinski definition) is 4. The first-order valence-electron chi connectivity index (χ1n) is 9.79. The Bertz CT molecular complexity index is 839. The Morgan fingerprint density at radius 1 is 1.14 bits per heavy atom. The molecule has 0 bridgehead atoms. The normalized spacial score (nSPS) is 14.3. The molecule has 1 fully saturated rings. The minimum atomic E-state index is -0.125. The predicted molar refractivity (Wildman–Crippen MR) is 105 cm³/mol. The summed E-state index contributed by atoms with van der Waals surface area (Å²) in [5.41, 5.74) is 2.04. The van der Waals surface area contributed by atoms with Crippen LogP contribution in [-0.2, 0) is 9.59 Å². The Hall–Kier alpha value is -2.90. The monoisotopic (exact) mass is 385 g/mol. The van der Waals surface area contributed by atoms with Gasteiger partial charge in [-0.1, -0.05) is 12.5 Å². The van der Waals surface area contributed by atoms with Crippen molar-refractivity contribution in [2.45, 2.75) is 32.6 Å². The average Bonchev–Trinajstić information content (AvgIpc) is 3.06. The first kappa shape index (κ1) is 19.9. The largest absolute Gasteiger partial charge is 0.351 e. The number of unbranched alkanes of at least 4 members (excludes halogenated alkanes) is 2. The molecule has 1 N–H and O–H groups in total. The minimum absolute atomic E-state index is 0.125. The van der Waals surface area contributed by atoms with Crippen LogP contribution in [0.15, 0.2) is 24.4 Å². The highest BCUT2D eigenvalue weighted by Gasteiger charge is 2.19. The Kier molecular flexibility index (Phi) is 6.62. The summed E-state index contributed by atoms with van der Waals surface area (Å²) in [4.78, 5) is 43.3. The standard InChI is InChI=1S/C20H27N5O3/c1-16-19(25-10-6-4-7-17(25)22-16)20(28)21-9-5-2-3-8-18(27)24-13-11-23(15-26)12-14-24/h4,6-7,10,15H,2-3,5,8-9,11-14H2,1H3,(H,21,28). The molecule has 1 aliphatic heterocycles. The van der Waals surface area contributed by atoms with Crippen LogP contribution in [0.3, 0.4) is 0 Å². The van der Waals surface area contributed by atoms with Gasteiger partial charge in [-0.05, 0) is 31.9 Å². The lowest BCUT2D eigenvalue weighted by Crippen LogP contribution is -2.48. The number of rotatable bonds is 8. The van der Waals surface area contributed by atoms with E-state index in [0.717, 1.165) is 31.3 Å². The molecule has 8 nitrogen and oxygen atoms in total. The highest BCUT2D eigenvalue weighted by atomic mass is 16.2.